The molecule has 0 atom stereocenters. The summed E-state index contributed by atoms with van der Waals surface area (Å²) in [5.74, 6) is 0.806. The average molecular weight is 371 g/mol. The maximum absolute atomic E-state index is 12.4. The molecule has 0 saturated heterocycles. The molecule has 4 nitrogen and oxygen atoms in total. The Morgan fingerprint density at radius 2 is 2.00 bits per heavy atom. The number of hydrogen-bond acceptors (Lipinski definition) is 3. The molecule has 0 amide bonds. The lowest BCUT2D eigenvalue weighted by atomic mass is 10.2. The summed E-state index contributed by atoms with van der Waals surface area (Å²) in [7, 11) is 0. The van der Waals surface area contributed by atoms with Gasteiger partial charge in [0.05, 0.1) is 6.54 Å². The molecule has 0 spiro atoms. The van der Waals surface area contributed by atoms with Crippen LogP contribution in [-0.2, 0) is 13.1 Å². The second kappa shape index (κ2) is 9.31. The maximum atomic E-state index is 12.4. The standard InChI is InChI=1S/C17H20F3N3OS/c1-2-21-16(22-9-13-7-8-25-11-13)23-10-14-5-3-4-6-15(14)24-12-17(18,19)20/h3-8,11H,2,9-10,12H2,1H3,(H2,21,22,23). The Balaban J connectivity index is 1.98. The van der Waals surface area contributed by atoms with Crippen LogP contribution in [0.2, 0.25) is 0 Å². The fraction of sp³-hybridized carbons (Fsp3) is 0.353. The van der Waals surface area contributed by atoms with Crippen LogP contribution < -0.4 is 15.4 Å². The number of ether oxygens (including phenoxy) is 1. The van der Waals surface area contributed by atoms with Gasteiger partial charge in [-0.2, -0.15) is 24.5 Å². The van der Waals surface area contributed by atoms with Crippen molar-refractivity contribution >= 4 is 17.3 Å². The van der Waals surface area contributed by atoms with Crippen molar-refractivity contribution in [2.75, 3.05) is 13.2 Å². The zero-order valence-corrected chi connectivity index (χ0v) is 14.6. The summed E-state index contributed by atoms with van der Waals surface area (Å²) in [6.07, 6.45) is -4.36. The number of thiophene rings is 1. The van der Waals surface area contributed by atoms with Crippen LogP contribution in [0.25, 0.3) is 0 Å². The van der Waals surface area contributed by atoms with Gasteiger partial charge >= 0.3 is 6.18 Å². The third kappa shape index (κ3) is 7.04. The van der Waals surface area contributed by atoms with Gasteiger partial charge in [0.15, 0.2) is 12.6 Å². The molecule has 0 radical (unpaired) electrons. The minimum absolute atomic E-state index is 0.209. The van der Waals surface area contributed by atoms with E-state index in [9.17, 15) is 13.2 Å². The first kappa shape index (κ1) is 19.1. The number of para-hydroxylation sites is 1. The molecule has 2 aromatic rings. The highest BCUT2D eigenvalue weighted by atomic mass is 32.1. The zero-order chi connectivity index (χ0) is 18.1. The second-order valence-corrected chi connectivity index (χ2v) is 5.97. The predicted molar refractivity (Wildman–Crippen MR) is 94.0 cm³/mol. The van der Waals surface area contributed by atoms with Crippen molar-refractivity contribution in [2.24, 2.45) is 4.99 Å². The Bertz CT molecular complexity index is 672. The van der Waals surface area contributed by atoms with E-state index in [4.69, 9.17) is 4.74 Å². The van der Waals surface area contributed by atoms with Gasteiger partial charge in [-0.3, -0.25) is 0 Å². The van der Waals surface area contributed by atoms with Gasteiger partial charge in [-0.15, -0.1) is 0 Å². The van der Waals surface area contributed by atoms with Gasteiger partial charge in [-0.25, -0.2) is 4.99 Å². The fourth-order valence-corrected chi connectivity index (χ4v) is 2.68. The molecule has 2 rings (SSSR count). The largest absolute Gasteiger partial charge is 0.484 e. The zero-order valence-electron chi connectivity index (χ0n) is 13.8. The molecule has 1 aromatic carbocycles. The van der Waals surface area contributed by atoms with E-state index in [1.54, 1.807) is 29.5 Å². The molecule has 2 N–H and O–H groups in total. The Morgan fingerprint density at radius 1 is 1.20 bits per heavy atom. The molecule has 8 heteroatoms. The van der Waals surface area contributed by atoms with Crippen LogP contribution in [0.3, 0.4) is 0 Å². The summed E-state index contributed by atoms with van der Waals surface area (Å²) in [4.78, 5) is 4.47. The number of nitrogens with one attached hydrogen (secondary N) is 2. The van der Waals surface area contributed by atoms with E-state index >= 15 is 0 Å². The van der Waals surface area contributed by atoms with Gasteiger partial charge in [0.25, 0.3) is 0 Å². The Kier molecular flexibility index (Phi) is 7.12. The molecule has 1 heterocycles. The average Bonchev–Trinajstić information content (AvgIpc) is 3.09. The minimum Gasteiger partial charge on any atom is -0.484 e. The normalized spacial score (nSPS) is 12.1. The number of benzene rings is 1. The van der Waals surface area contributed by atoms with Crippen molar-refractivity contribution in [3.8, 4) is 5.75 Å². The summed E-state index contributed by atoms with van der Waals surface area (Å²) in [5, 5.41) is 10.2. The number of guanidine groups is 1. The number of halogens is 3. The Labute approximate surface area is 148 Å². The predicted octanol–water partition coefficient (Wildman–Crippen LogP) is 3.94. The lowest BCUT2D eigenvalue weighted by Crippen LogP contribution is -2.36. The summed E-state index contributed by atoms with van der Waals surface area (Å²) in [6, 6.07) is 8.65. The molecule has 136 valence electrons. The van der Waals surface area contributed by atoms with Crippen LogP contribution in [0.1, 0.15) is 18.1 Å². The SMILES string of the molecule is CCNC(=NCc1ccsc1)NCc1ccccc1OCC(F)(F)F. The molecular weight excluding hydrogens is 351 g/mol. The number of nitrogens with zero attached hydrogens (tertiary/aromatic N) is 1. The van der Waals surface area contributed by atoms with Crippen molar-refractivity contribution in [3.05, 3.63) is 52.2 Å². The smallest absolute Gasteiger partial charge is 0.422 e. The molecule has 1 aromatic heterocycles. The molecule has 0 saturated carbocycles. The van der Waals surface area contributed by atoms with Crippen LogP contribution >= 0.6 is 11.3 Å². The topological polar surface area (TPSA) is 45.7 Å². The highest BCUT2D eigenvalue weighted by Crippen LogP contribution is 2.22. The van der Waals surface area contributed by atoms with E-state index < -0.39 is 12.8 Å². The van der Waals surface area contributed by atoms with Gasteiger partial charge in [0, 0.05) is 18.7 Å². The highest BCUT2D eigenvalue weighted by Gasteiger charge is 2.28. The van der Waals surface area contributed by atoms with Crippen molar-refractivity contribution in [1.29, 1.82) is 0 Å². The fourth-order valence-electron chi connectivity index (χ4n) is 2.02. The Morgan fingerprint density at radius 3 is 2.68 bits per heavy atom. The molecule has 0 aliphatic carbocycles. The van der Waals surface area contributed by atoms with Crippen LogP contribution in [-0.4, -0.2) is 25.3 Å². The van der Waals surface area contributed by atoms with E-state index in [0.29, 0.717) is 31.2 Å². The molecule has 25 heavy (non-hydrogen) atoms. The van der Waals surface area contributed by atoms with Gasteiger partial charge in [0.2, 0.25) is 0 Å². The Hall–Kier alpha value is -2.22. The van der Waals surface area contributed by atoms with Crippen molar-refractivity contribution in [1.82, 2.24) is 10.6 Å². The van der Waals surface area contributed by atoms with Crippen LogP contribution in [0.15, 0.2) is 46.1 Å². The first-order valence-electron chi connectivity index (χ1n) is 7.78. The minimum atomic E-state index is -4.36. The molecular formula is C17H20F3N3OS. The van der Waals surface area contributed by atoms with E-state index in [2.05, 4.69) is 15.6 Å². The third-order valence-corrected chi connectivity index (χ3v) is 3.89. The van der Waals surface area contributed by atoms with Crippen molar-refractivity contribution < 1.29 is 17.9 Å². The van der Waals surface area contributed by atoms with Crippen molar-refractivity contribution in [2.45, 2.75) is 26.2 Å². The molecule has 0 aliphatic heterocycles. The van der Waals surface area contributed by atoms with Crippen LogP contribution in [0.4, 0.5) is 13.2 Å². The third-order valence-electron chi connectivity index (χ3n) is 3.15. The summed E-state index contributed by atoms with van der Waals surface area (Å²) < 4.78 is 41.9. The molecule has 0 bridgehead atoms. The van der Waals surface area contributed by atoms with E-state index in [-0.39, 0.29) is 5.75 Å². The van der Waals surface area contributed by atoms with Crippen LogP contribution in [0.5, 0.6) is 5.75 Å². The molecule has 0 aliphatic rings. The van der Waals surface area contributed by atoms with E-state index in [0.717, 1.165) is 5.56 Å². The van der Waals surface area contributed by atoms with Gasteiger partial charge < -0.3 is 15.4 Å². The number of rotatable bonds is 7. The van der Waals surface area contributed by atoms with E-state index in [1.165, 1.54) is 6.07 Å². The van der Waals surface area contributed by atoms with Gasteiger partial charge in [0.1, 0.15) is 5.75 Å². The van der Waals surface area contributed by atoms with Gasteiger partial charge in [-0.1, -0.05) is 18.2 Å². The first-order valence-corrected chi connectivity index (χ1v) is 8.73. The lowest BCUT2D eigenvalue weighted by Gasteiger charge is -2.15. The molecule has 0 unspecified atom stereocenters. The highest BCUT2D eigenvalue weighted by molar-refractivity contribution is 7.07. The quantitative estimate of drug-likeness (QED) is 0.572. The monoisotopic (exact) mass is 371 g/mol. The van der Waals surface area contributed by atoms with Crippen LogP contribution in [0, 0.1) is 0 Å². The number of alkyl halides is 3. The number of aliphatic imine (C=N–C) groups is 1. The van der Waals surface area contributed by atoms with Crippen molar-refractivity contribution in [3.63, 3.8) is 0 Å². The maximum Gasteiger partial charge on any atom is 0.422 e. The molecule has 0 fully saturated rings. The summed E-state index contributed by atoms with van der Waals surface area (Å²) >= 11 is 1.61. The van der Waals surface area contributed by atoms with E-state index in [1.807, 2.05) is 23.8 Å². The van der Waals surface area contributed by atoms with Gasteiger partial charge in [-0.05, 0) is 35.4 Å². The number of hydrogen-bond donors (Lipinski definition) is 2. The first-order chi connectivity index (χ1) is 12.0. The second-order valence-electron chi connectivity index (χ2n) is 5.19. The summed E-state index contributed by atoms with van der Waals surface area (Å²) in [6.45, 7) is 2.16. The lowest BCUT2D eigenvalue weighted by molar-refractivity contribution is -0.153. The summed E-state index contributed by atoms with van der Waals surface area (Å²) in [5.41, 5.74) is 1.74.